The van der Waals surface area contributed by atoms with Crippen LogP contribution in [0.15, 0.2) is 9.72 Å². The molecule has 2 rings (SSSR count). The maximum absolute atomic E-state index is 12.3. The second kappa shape index (κ2) is 6.06. The van der Waals surface area contributed by atoms with Crippen LogP contribution in [0.4, 0.5) is 18.3 Å². The van der Waals surface area contributed by atoms with E-state index in [-0.39, 0.29) is 10.9 Å². The number of halogens is 3. The van der Waals surface area contributed by atoms with Crippen molar-refractivity contribution in [3.8, 4) is 0 Å². The minimum Gasteiger partial charge on any atom is -0.300 e. The monoisotopic (exact) mass is 340 g/mol. The van der Waals surface area contributed by atoms with E-state index in [0.717, 1.165) is 10.0 Å². The third-order valence-corrected chi connectivity index (χ3v) is 4.86. The zero-order valence-electron chi connectivity index (χ0n) is 9.89. The molecule has 0 aliphatic heterocycles. The minimum atomic E-state index is -4.55. The number of nitrogens with zero attached hydrogens (tertiary/aromatic N) is 3. The molecular weight excluding hydrogens is 333 g/mol. The lowest BCUT2D eigenvalue weighted by Crippen LogP contribution is -2.13. The van der Waals surface area contributed by atoms with Crippen molar-refractivity contribution in [3.05, 3.63) is 16.1 Å². The summed E-state index contributed by atoms with van der Waals surface area (Å²) < 4.78 is 37.6. The molecule has 0 aliphatic carbocycles. The van der Waals surface area contributed by atoms with Crippen LogP contribution in [0.25, 0.3) is 0 Å². The molecule has 108 valence electrons. The molecule has 0 atom stereocenters. The van der Waals surface area contributed by atoms with Crippen LogP contribution in [0.1, 0.15) is 10.7 Å². The molecule has 0 aliphatic rings. The van der Waals surface area contributed by atoms with E-state index in [1.165, 1.54) is 23.1 Å². The van der Waals surface area contributed by atoms with Crippen molar-refractivity contribution in [2.45, 2.75) is 17.4 Å². The molecule has 20 heavy (non-hydrogen) atoms. The number of carbonyl (C=O) groups excluding carboxylic acids is 1. The molecule has 0 fully saturated rings. The van der Waals surface area contributed by atoms with Crippen molar-refractivity contribution in [1.29, 1.82) is 0 Å². The van der Waals surface area contributed by atoms with Crippen molar-refractivity contribution < 1.29 is 18.0 Å². The predicted molar refractivity (Wildman–Crippen MR) is 71.1 cm³/mol. The minimum absolute atomic E-state index is 0.0495. The first-order chi connectivity index (χ1) is 9.34. The van der Waals surface area contributed by atoms with Gasteiger partial charge in [0.05, 0.1) is 5.75 Å². The van der Waals surface area contributed by atoms with Gasteiger partial charge in [0, 0.05) is 11.1 Å². The van der Waals surface area contributed by atoms with Crippen molar-refractivity contribution in [1.82, 2.24) is 15.2 Å². The number of aromatic nitrogens is 3. The summed E-state index contributed by atoms with van der Waals surface area (Å²) in [6, 6.07) is 0. The van der Waals surface area contributed by atoms with Crippen LogP contribution in [0.3, 0.4) is 0 Å². The number of carbonyl (C=O) groups is 1. The smallest absolute Gasteiger partial charge is 0.300 e. The molecule has 0 aromatic carbocycles. The fourth-order valence-electron chi connectivity index (χ4n) is 1.07. The largest absolute Gasteiger partial charge is 0.445 e. The zero-order valence-corrected chi connectivity index (χ0v) is 12.3. The Morgan fingerprint density at radius 3 is 2.75 bits per heavy atom. The van der Waals surface area contributed by atoms with E-state index >= 15 is 0 Å². The third kappa shape index (κ3) is 4.15. The van der Waals surface area contributed by atoms with Crippen molar-refractivity contribution in [2.24, 2.45) is 0 Å². The standard InChI is InChI=1S/C9H7F3N4OS3/c1-4-2-18-8(13-4)19-3-5(17)14-7-16-15-6(20-7)9(10,11)12/h2H,3H2,1H3,(H,14,16,17). The molecular formula is C9H7F3N4OS3. The average molecular weight is 340 g/mol. The summed E-state index contributed by atoms with van der Waals surface area (Å²) in [5, 5.41) is 9.12. The molecule has 0 saturated heterocycles. The quantitative estimate of drug-likeness (QED) is 0.867. The Labute approximate surface area is 123 Å². The lowest BCUT2D eigenvalue weighted by atomic mass is 10.6. The Kier molecular flexibility index (Phi) is 4.60. The van der Waals surface area contributed by atoms with Gasteiger partial charge in [-0.2, -0.15) is 13.2 Å². The van der Waals surface area contributed by atoms with Crippen LogP contribution in [-0.2, 0) is 11.0 Å². The summed E-state index contributed by atoms with van der Waals surface area (Å²) in [6.45, 7) is 1.83. The van der Waals surface area contributed by atoms with Gasteiger partial charge in [-0.3, -0.25) is 10.1 Å². The number of thiazole rings is 1. The molecule has 0 unspecified atom stereocenters. The third-order valence-electron chi connectivity index (χ3n) is 1.84. The van der Waals surface area contributed by atoms with Crippen LogP contribution in [0.2, 0.25) is 0 Å². The Bertz CT molecular complexity index is 610. The summed E-state index contributed by atoms with van der Waals surface area (Å²) in [7, 11) is 0. The zero-order chi connectivity index (χ0) is 14.8. The van der Waals surface area contributed by atoms with Crippen molar-refractivity contribution in [3.63, 3.8) is 0 Å². The highest BCUT2D eigenvalue weighted by atomic mass is 32.2. The van der Waals surface area contributed by atoms with Gasteiger partial charge in [0.15, 0.2) is 4.34 Å². The molecule has 0 spiro atoms. The first kappa shape index (κ1) is 15.2. The summed E-state index contributed by atoms with van der Waals surface area (Å²) >= 11 is 2.91. The summed E-state index contributed by atoms with van der Waals surface area (Å²) in [5.74, 6) is -0.402. The second-order valence-electron chi connectivity index (χ2n) is 3.50. The molecule has 1 amide bonds. The van der Waals surface area contributed by atoms with E-state index in [4.69, 9.17) is 0 Å². The molecule has 0 saturated carbocycles. The van der Waals surface area contributed by atoms with Crippen LogP contribution < -0.4 is 5.32 Å². The maximum atomic E-state index is 12.3. The van der Waals surface area contributed by atoms with Gasteiger partial charge < -0.3 is 0 Å². The van der Waals surface area contributed by atoms with Gasteiger partial charge in [-0.15, -0.1) is 21.5 Å². The Morgan fingerprint density at radius 1 is 1.45 bits per heavy atom. The maximum Gasteiger partial charge on any atom is 0.445 e. The van der Waals surface area contributed by atoms with Gasteiger partial charge >= 0.3 is 6.18 Å². The Balaban J connectivity index is 1.87. The molecule has 5 nitrogen and oxygen atoms in total. The van der Waals surface area contributed by atoms with Gasteiger partial charge in [0.1, 0.15) is 0 Å². The van der Waals surface area contributed by atoms with E-state index in [1.54, 1.807) is 0 Å². The predicted octanol–water partition coefficient (Wildman–Crippen LogP) is 3.05. The summed E-state index contributed by atoms with van der Waals surface area (Å²) in [6.07, 6.45) is -4.55. The number of thioether (sulfide) groups is 1. The molecule has 11 heteroatoms. The van der Waals surface area contributed by atoms with Crippen molar-refractivity contribution >= 4 is 45.5 Å². The first-order valence-corrected chi connectivity index (χ1v) is 7.78. The highest BCUT2D eigenvalue weighted by Gasteiger charge is 2.35. The molecule has 2 aromatic rings. The molecule has 2 aromatic heterocycles. The number of hydrogen-bond donors (Lipinski definition) is 1. The summed E-state index contributed by atoms with van der Waals surface area (Å²) in [4.78, 5) is 15.7. The fourth-order valence-corrected chi connectivity index (χ4v) is 3.35. The van der Waals surface area contributed by atoms with Gasteiger partial charge in [0.25, 0.3) is 0 Å². The highest BCUT2D eigenvalue weighted by molar-refractivity contribution is 8.01. The number of anilines is 1. The number of nitrogens with one attached hydrogen (secondary N) is 1. The Hall–Kier alpha value is -1.20. The molecule has 0 radical (unpaired) electrons. The van der Waals surface area contributed by atoms with Gasteiger partial charge in [-0.05, 0) is 6.92 Å². The highest BCUT2D eigenvalue weighted by Crippen LogP contribution is 2.33. The number of hydrogen-bond acceptors (Lipinski definition) is 7. The van der Waals surface area contributed by atoms with Gasteiger partial charge in [0.2, 0.25) is 16.0 Å². The van der Waals surface area contributed by atoms with Crippen LogP contribution in [0.5, 0.6) is 0 Å². The van der Waals surface area contributed by atoms with E-state index in [0.29, 0.717) is 11.3 Å². The number of aryl methyl sites for hydroxylation is 1. The van der Waals surface area contributed by atoms with E-state index in [1.807, 2.05) is 12.3 Å². The van der Waals surface area contributed by atoms with E-state index in [9.17, 15) is 18.0 Å². The average Bonchev–Trinajstić information content (AvgIpc) is 2.95. The summed E-state index contributed by atoms with van der Waals surface area (Å²) in [5.41, 5.74) is 0.858. The Morgan fingerprint density at radius 2 is 2.20 bits per heavy atom. The topological polar surface area (TPSA) is 67.8 Å². The molecule has 0 bridgehead atoms. The van der Waals surface area contributed by atoms with Crippen molar-refractivity contribution in [2.75, 3.05) is 11.1 Å². The van der Waals surface area contributed by atoms with E-state index in [2.05, 4.69) is 20.5 Å². The van der Waals surface area contributed by atoms with Crippen LogP contribution in [-0.4, -0.2) is 26.8 Å². The first-order valence-electron chi connectivity index (χ1n) is 5.10. The van der Waals surface area contributed by atoms with E-state index < -0.39 is 17.1 Å². The van der Waals surface area contributed by atoms with Gasteiger partial charge in [-0.25, -0.2) is 4.98 Å². The SMILES string of the molecule is Cc1csc(SCC(=O)Nc2nnc(C(F)(F)F)s2)n1. The second-order valence-corrected chi connectivity index (χ2v) is 6.56. The lowest BCUT2D eigenvalue weighted by molar-refractivity contribution is -0.138. The van der Waals surface area contributed by atoms with Crippen LogP contribution >= 0.6 is 34.4 Å². The number of alkyl halides is 3. The number of amides is 1. The lowest BCUT2D eigenvalue weighted by Gasteiger charge is -1.99. The van der Waals surface area contributed by atoms with Crippen LogP contribution in [0, 0.1) is 6.92 Å². The fraction of sp³-hybridized carbons (Fsp3) is 0.333. The molecule has 2 heterocycles. The number of rotatable bonds is 4. The molecule has 1 N–H and O–H groups in total. The normalized spacial score (nSPS) is 11.6. The van der Waals surface area contributed by atoms with Gasteiger partial charge in [-0.1, -0.05) is 23.1 Å².